The summed E-state index contributed by atoms with van der Waals surface area (Å²) in [5.74, 6) is 0.392. The van der Waals surface area contributed by atoms with Crippen LogP contribution in [0.25, 0.3) is 10.9 Å². The average Bonchev–Trinajstić information content (AvgIpc) is 2.79. The monoisotopic (exact) mass is 396 g/mol. The minimum absolute atomic E-state index is 0.337. The molecular formula is C21H25FN6O. The van der Waals surface area contributed by atoms with E-state index in [4.69, 9.17) is 5.26 Å². The summed E-state index contributed by atoms with van der Waals surface area (Å²) in [6.07, 6.45) is 5.80. The third-order valence-electron chi connectivity index (χ3n) is 6.10. The summed E-state index contributed by atoms with van der Waals surface area (Å²) in [6.45, 7) is 1.98. The van der Waals surface area contributed by atoms with E-state index in [0.717, 1.165) is 55.5 Å². The first-order chi connectivity index (χ1) is 14.2. The van der Waals surface area contributed by atoms with E-state index in [-0.39, 0.29) is 0 Å². The van der Waals surface area contributed by atoms with Crippen LogP contribution in [0.4, 0.5) is 10.2 Å². The fourth-order valence-electron chi connectivity index (χ4n) is 4.44. The summed E-state index contributed by atoms with van der Waals surface area (Å²) >= 11 is 0. The quantitative estimate of drug-likeness (QED) is 0.854. The molecule has 29 heavy (non-hydrogen) atoms. The van der Waals surface area contributed by atoms with Crippen molar-refractivity contribution in [3.8, 4) is 6.07 Å². The maximum Gasteiger partial charge on any atom is 0.254 e. The number of halogens is 1. The molecule has 0 radical (unpaired) electrons. The number of carbonyl (C=O) groups excluding carboxylic acids is 1. The first-order valence-electron chi connectivity index (χ1n) is 10.2. The molecule has 1 N–H and O–H groups in total. The fourth-order valence-corrected chi connectivity index (χ4v) is 4.44. The molecule has 1 amide bonds. The number of amides is 1. The number of nitriles is 1. The van der Waals surface area contributed by atoms with E-state index >= 15 is 0 Å². The largest absolute Gasteiger partial charge is 0.367 e. The van der Waals surface area contributed by atoms with Crippen LogP contribution in [-0.4, -0.2) is 70.6 Å². The maximum absolute atomic E-state index is 12.5. The van der Waals surface area contributed by atoms with Gasteiger partial charge in [0.05, 0.1) is 17.1 Å². The van der Waals surface area contributed by atoms with Gasteiger partial charge in [-0.3, -0.25) is 9.69 Å². The van der Waals surface area contributed by atoms with E-state index in [0.29, 0.717) is 30.7 Å². The smallest absolute Gasteiger partial charge is 0.254 e. The zero-order valence-electron chi connectivity index (χ0n) is 16.4. The molecule has 4 rings (SSSR count). The first-order valence-corrected chi connectivity index (χ1v) is 10.2. The van der Waals surface area contributed by atoms with Crippen molar-refractivity contribution in [2.45, 2.75) is 37.8 Å². The second-order valence-electron chi connectivity index (χ2n) is 7.77. The molecular weight excluding hydrogens is 371 g/mol. The molecule has 1 aliphatic carbocycles. The fraction of sp³-hybridized carbons (Fsp3) is 0.524. The zero-order valence-corrected chi connectivity index (χ0v) is 16.4. The summed E-state index contributed by atoms with van der Waals surface area (Å²) in [5, 5.41) is 13.6. The van der Waals surface area contributed by atoms with Gasteiger partial charge in [0.15, 0.2) is 6.67 Å². The van der Waals surface area contributed by atoms with Crippen molar-refractivity contribution < 1.29 is 9.18 Å². The molecule has 0 spiro atoms. The van der Waals surface area contributed by atoms with Crippen LogP contribution in [0.1, 0.15) is 31.2 Å². The molecule has 0 unspecified atom stereocenters. The lowest BCUT2D eigenvalue weighted by molar-refractivity contribution is -0.134. The van der Waals surface area contributed by atoms with Gasteiger partial charge >= 0.3 is 0 Å². The summed E-state index contributed by atoms with van der Waals surface area (Å²) in [5.41, 5.74) is 1.43. The van der Waals surface area contributed by atoms with Crippen LogP contribution in [0.5, 0.6) is 0 Å². The lowest BCUT2D eigenvalue weighted by Crippen LogP contribution is -2.53. The summed E-state index contributed by atoms with van der Waals surface area (Å²) in [6, 6.07) is 8.48. The first kappa shape index (κ1) is 19.5. The van der Waals surface area contributed by atoms with E-state index < -0.39 is 12.6 Å². The van der Waals surface area contributed by atoms with Crippen LogP contribution < -0.4 is 5.32 Å². The molecule has 2 aliphatic rings. The maximum atomic E-state index is 12.5. The molecule has 2 heterocycles. The van der Waals surface area contributed by atoms with Crippen LogP contribution in [0, 0.1) is 11.3 Å². The highest BCUT2D eigenvalue weighted by Gasteiger charge is 2.29. The SMILES string of the molecule is N#Cc1ccc2ncnc(N[C@H]3CC[C@H](N4CCN(C(=O)CF)CC4)CC3)c2c1. The number of hydrogen-bond acceptors (Lipinski definition) is 6. The van der Waals surface area contributed by atoms with Crippen molar-refractivity contribution in [2.75, 3.05) is 38.2 Å². The number of fused-ring (bicyclic) bond motifs is 1. The van der Waals surface area contributed by atoms with Gasteiger partial charge in [-0.05, 0) is 43.9 Å². The van der Waals surface area contributed by atoms with Crippen LogP contribution in [0.15, 0.2) is 24.5 Å². The molecule has 1 aromatic heterocycles. The number of rotatable bonds is 4. The second kappa shape index (κ2) is 8.70. The number of alkyl halides is 1. The number of nitrogens with zero attached hydrogens (tertiary/aromatic N) is 5. The number of piperazine rings is 1. The van der Waals surface area contributed by atoms with E-state index in [1.807, 2.05) is 12.1 Å². The standard InChI is InChI=1S/C21H25FN6O/c22-12-20(29)28-9-7-27(8-10-28)17-4-2-16(3-5-17)26-21-18-11-15(13-23)1-6-19(18)24-14-25-21/h1,6,11,14,16-17H,2-5,7-10,12H2,(H,24,25,26)/t16-,17-. The van der Waals surface area contributed by atoms with Gasteiger partial charge in [-0.1, -0.05) is 0 Å². The zero-order chi connectivity index (χ0) is 20.2. The normalized spacial score (nSPS) is 23.0. The molecule has 1 aliphatic heterocycles. The molecule has 1 saturated carbocycles. The van der Waals surface area contributed by atoms with Gasteiger partial charge in [-0.2, -0.15) is 5.26 Å². The predicted octanol–water partition coefficient (Wildman–Crippen LogP) is 2.34. The lowest BCUT2D eigenvalue weighted by atomic mass is 9.89. The third-order valence-corrected chi connectivity index (χ3v) is 6.10. The summed E-state index contributed by atoms with van der Waals surface area (Å²) < 4.78 is 12.5. The Kier molecular flexibility index (Phi) is 5.86. The van der Waals surface area contributed by atoms with Crippen molar-refractivity contribution in [1.29, 1.82) is 5.26 Å². The molecule has 2 fully saturated rings. The molecule has 152 valence electrons. The number of aromatic nitrogens is 2. The van der Waals surface area contributed by atoms with Gasteiger partial charge in [0, 0.05) is 43.6 Å². The van der Waals surface area contributed by atoms with E-state index in [2.05, 4.69) is 26.3 Å². The number of anilines is 1. The van der Waals surface area contributed by atoms with Gasteiger partial charge in [-0.15, -0.1) is 0 Å². The Morgan fingerprint density at radius 1 is 1.17 bits per heavy atom. The number of hydrogen-bond donors (Lipinski definition) is 1. The Morgan fingerprint density at radius 3 is 2.62 bits per heavy atom. The molecule has 8 heteroatoms. The van der Waals surface area contributed by atoms with Crippen molar-refractivity contribution in [3.63, 3.8) is 0 Å². The van der Waals surface area contributed by atoms with Crippen molar-refractivity contribution >= 4 is 22.6 Å². The van der Waals surface area contributed by atoms with Crippen LogP contribution in [0.2, 0.25) is 0 Å². The van der Waals surface area contributed by atoms with Crippen molar-refractivity contribution in [1.82, 2.24) is 19.8 Å². The van der Waals surface area contributed by atoms with Gasteiger partial charge in [0.2, 0.25) is 0 Å². The number of nitrogens with one attached hydrogen (secondary N) is 1. The Labute approximate surface area is 169 Å². The molecule has 7 nitrogen and oxygen atoms in total. The average molecular weight is 396 g/mol. The van der Waals surface area contributed by atoms with Gasteiger partial charge in [0.25, 0.3) is 5.91 Å². The number of benzene rings is 1. The lowest BCUT2D eigenvalue weighted by Gasteiger charge is -2.42. The number of carbonyl (C=O) groups is 1. The second-order valence-corrected chi connectivity index (χ2v) is 7.77. The van der Waals surface area contributed by atoms with E-state index in [1.54, 1.807) is 17.3 Å². The van der Waals surface area contributed by atoms with Gasteiger partial charge in [0.1, 0.15) is 12.1 Å². The molecule has 1 aromatic carbocycles. The Hall–Kier alpha value is -2.79. The highest BCUT2D eigenvalue weighted by atomic mass is 19.1. The summed E-state index contributed by atoms with van der Waals surface area (Å²) in [7, 11) is 0. The van der Waals surface area contributed by atoms with E-state index in [9.17, 15) is 9.18 Å². The highest BCUT2D eigenvalue weighted by Crippen LogP contribution is 2.28. The minimum atomic E-state index is -0.898. The van der Waals surface area contributed by atoms with Gasteiger partial charge in [-0.25, -0.2) is 14.4 Å². The molecule has 0 bridgehead atoms. The van der Waals surface area contributed by atoms with Crippen molar-refractivity contribution in [3.05, 3.63) is 30.1 Å². The van der Waals surface area contributed by atoms with Crippen LogP contribution >= 0.6 is 0 Å². The van der Waals surface area contributed by atoms with Crippen LogP contribution in [-0.2, 0) is 4.79 Å². The predicted molar refractivity (Wildman–Crippen MR) is 108 cm³/mol. The topological polar surface area (TPSA) is 85.2 Å². The van der Waals surface area contributed by atoms with Crippen molar-refractivity contribution in [2.24, 2.45) is 0 Å². The molecule has 0 atom stereocenters. The molecule has 2 aromatic rings. The Balaban J connectivity index is 1.34. The Bertz CT molecular complexity index is 913. The minimum Gasteiger partial charge on any atom is -0.367 e. The molecule has 1 saturated heterocycles. The van der Waals surface area contributed by atoms with E-state index in [1.165, 1.54) is 0 Å². The highest BCUT2D eigenvalue weighted by molar-refractivity contribution is 5.89. The van der Waals surface area contributed by atoms with Gasteiger partial charge < -0.3 is 10.2 Å². The Morgan fingerprint density at radius 2 is 1.93 bits per heavy atom. The summed E-state index contributed by atoms with van der Waals surface area (Å²) in [4.78, 5) is 24.3. The van der Waals surface area contributed by atoms with Crippen LogP contribution in [0.3, 0.4) is 0 Å². The third kappa shape index (κ3) is 4.30.